The van der Waals surface area contributed by atoms with Crippen molar-refractivity contribution < 1.29 is 12.8 Å². The molecule has 0 aliphatic carbocycles. The van der Waals surface area contributed by atoms with Gasteiger partial charge in [0, 0.05) is 19.3 Å². The van der Waals surface area contributed by atoms with Crippen LogP contribution in [-0.2, 0) is 9.84 Å². The molecule has 0 bridgehead atoms. The van der Waals surface area contributed by atoms with Gasteiger partial charge in [0.05, 0.1) is 4.90 Å². The fourth-order valence-electron chi connectivity index (χ4n) is 2.22. The predicted octanol–water partition coefficient (Wildman–Crippen LogP) is 2.34. The Bertz CT molecular complexity index is 608. The highest BCUT2D eigenvalue weighted by molar-refractivity contribution is 7.90. The van der Waals surface area contributed by atoms with Gasteiger partial charge in [-0.15, -0.1) is 0 Å². The van der Waals surface area contributed by atoms with E-state index < -0.39 is 15.7 Å². The molecule has 0 amide bonds. The summed E-state index contributed by atoms with van der Waals surface area (Å²) in [5.74, 6) is -0.503. The minimum atomic E-state index is -3.38. The molecule has 0 spiro atoms. The van der Waals surface area contributed by atoms with Gasteiger partial charge < -0.3 is 0 Å². The molecule has 0 saturated heterocycles. The number of sulfone groups is 1. The van der Waals surface area contributed by atoms with E-state index >= 15 is 0 Å². The number of halogens is 1. The molecular weight excluding hydrogens is 265 g/mol. The maximum absolute atomic E-state index is 13.6. The smallest absolute Gasteiger partial charge is 0.175 e. The second kappa shape index (κ2) is 5.43. The van der Waals surface area contributed by atoms with Crippen molar-refractivity contribution in [3.63, 3.8) is 0 Å². The van der Waals surface area contributed by atoms with Crippen molar-refractivity contribution in [2.45, 2.75) is 18.2 Å². The predicted molar refractivity (Wildman–Crippen MR) is 74.2 cm³/mol. The van der Waals surface area contributed by atoms with Crippen molar-refractivity contribution in [1.82, 2.24) is 4.90 Å². The molecule has 1 heterocycles. The first-order valence-corrected chi connectivity index (χ1v) is 8.21. The summed E-state index contributed by atoms with van der Waals surface area (Å²) in [5.41, 5.74) is 1.70. The summed E-state index contributed by atoms with van der Waals surface area (Å²) in [4.78, 5) is 2.32. The van der Waals surface area contributed by atoms with Gasteiger partial charge in [-0.1, -0.05) is 13.0 Å². The molecule has 2 rings (SSSR count). The van der Waals surface area contributed by atoms with E-state index in [1.807, 2.05) is 6.08 Å². The standard InChI is InChI=1S/C14H18FNO2S/c1-3-16-6-4-11(5-7-16)12-8-13(15)10-14(9-12)19(2,17)18/h4,8-10H,3,5-7H2,1-2H3. The van der Waals surface area contributed by atoms with E-state index in [9.17, 15) is 12.8 Å². The van der Waals surface area contributed by atoms with E-state index in [0.717, 1.165) is 44.0 Å². The van der Waals surface area contributed by atoms with Gasteiger partial charge in [0.1, 0.15) is 5.82 Å². The fourth-order valence-corrected chi connectivity index (χ4v) is 2.89. The highest BCUT2D eigenvalue weighted by Crippen LogP contribution is 2.25. The summed E-state index contributed by atoms with van der Waals surface area (Å²) in [5, 5.41) is 0. The van der Waals surface area contributed by atoms with E-state index in [2.05, 4.69) is 11.8 Å². The Balaban J connectivity index is 2.36. The summed E-state index contributed by atoms with van der Waals surface area (Å²) in [6.07, 6.45) is 3.97. The zero-order valence-electron chi connectivity index (χ0n) is 11.2. The minimum Gasteiger partial charge on any atom is -0.300 e. The van der Waals surface area contributed by atoms with Crippen LogP contribution in [0.25, 0.3) is 5.57 Å². The Morgan fingerprint density at radius 3 is 2.58 bits per heavy atom. The molecule has 0 atom stereocenters. The Labute approximate surface area is 113 Å². The van der Waals surface area contributed by atoms with Crippen LogP contribution in [0, 0.1) is 5.82 Å². The topological polar surface area (TPSA) is 37.4 Å². The second-order valence-electron chi connectivity index (χ2n) is 4.82. The van der Waals surface area contributed by atoms with Crippen LogP contribution in [-0.4, -0.2) is 39.2 Å². The maximum atomic E-state index is 13.6. The summed E-state index contributed by atoms with van der Waals surface area (Å²) < 4.78 is 36.6. The number of hydrogen-bond acceptors (Lipinski definition) is 3. The Hall–Kier alpha value is -1.20. The first-order valence-electron chi connectivity index (χ1n) is 6.32. The van der Waals surface area contributed by atoms with Crippen LogP contribution in [0.2, 0.25) is 0 Å². The van der Waals surface area contributed by atoms with Crippen LogP contribution < -0.4 is 0 Å². The quantitative estimate of drug-likeness (QED) is 0.854. The lowest BCUT2D eigenvalue weighted by Gasteiger charge is -2.25. The molecule has 5 heteroatoms. The van der Waals surface area contributed by atoms with Crippen molar-refractivity contribution in [3.8, 4) is 0 Å². The van der Waals surface area contributed by atoms with Crippen molar-refractivity contribution in [3.05, 3.63) is 35.7 Å². The molecule has 0 unspecified atom stereocenters. The van der Waals surface area contributed by atoms with Gasteiger partial charge in [-0.2, -0.15) is 0 Å². The van der Waals surface area contributed by atoms with Crippen LogP contribution in [0.1, 0.15) is 18.9 Å². The molecular formula is C14H18FNO2S. The average Bonchev–Trinajstić information content (AvgIpc) is 2.37. The zero-order chi connectivity index (χ0) is 14.0. The number of rotatable bonds is 3. The lowest BCUT2D eigenvalue weighted by Crippen LogP contribution is -2.28. The number of likely N-dealkylation sites (N-methyl/N-ethyl adjacent to an activating group) is 1. The minimum absolute atomic E-state index is 0.0429. The molecule has 19 heavy (non-hydrogen) atoms. The summed E-state index contributed by atoms with van der Waals surface area (Å²) in [7, 11) is -3.38. The zero-order valence-corrected chi connectivity index (χ0v) is 12.0. The van der Waals surface area contributed by atoms with Gasteiger partial charge in [-0.3, -0.25) is 4.90 Å². The molecule has 1 aliphatic rings. The first kappa shape index (κ1) is 14.2. The van der Waals surface area contributed by atoms with Crippen LogP contribution in [0.3, 0.4) is 0 Å². The van der Waals surface area contributed by atoms with Crippen molar-refractivity contribution >= 4 is 15.4 Å². The fraction of sp³-hybridized carbons (Fsp3) is 0.429. The maximum Gasteiger partial charge on any atom is 0.175 e. The van der Waals surface area contributed by atoms with E-state index in [4.69, 9.17) is 0 Å². The molecule has 3 nitrogen and oxygen atoms in total. The van der Waals surface area contributed by atoms with Crippen LogP contribution in [0.4, 0.5) is 4.39 Å². The van der Waals surface area contributed by atoms with Gasteiger partial charge in [0.15, 0.2) is 9.84 Å². The van der Waals surface area contributed by atoms with Crippen molar-refractivity contribution in [2.75, 3.05) is 25.9 Å². The lowest BCUT2D eigenvalue weighted by atomic mass is 9.99. The van der Waals surface area contributed by atoms with E-state index in [1.54, 1.807) is 6.07 Å². The molecule has 0 N–H and O–H groups in total. The largest absolute Gasteiger partial charge is 0.300 e. The third kappa shape index (κ3) is 3.42. The number of benzene rings is 1. The Kier molecular flexibility index (Phi) is 4.06. The monoisotopic (exact) mass is 283 g/mol. The molecule has 0 radical (unpaired) electrons. The number of nitrogens with zero attached hydrogens (tertiary/aromatic N) is 1. The highest BCUT2D eigenvalue weighted by atomic mass is 32.2. The number of hydrogen-bond donors (Lipinski definition) is 0. The Morgan fingerprint density at radius 1 is 1.32 bits per heavy atom. The first-order chi connectivity index (χ1) is 8.90. The Morgan fingerprint density at radius 2 is 2.05 bits per heavy atom. The highest BCUT2D eigenvalue weighted by Gasteiger charge is 2.15. The third-order valence-electron chi connectivity index (χ3n) is 3.41. The molecule has 104 valence electrons. The molecule has 1 aromatic rings. The van der Waals surface area contributed by atoms with E-state index in [0.29, 0.717) is 5.56 Å². The van der Waals surface area contributed by atoms with Crippen LogP contribution >= 0.6 is 0 Å². The average molecular weight is 283 g/mol. The summed E-state index contributed by atoms with van der Waals surface area (Å²) in [6, 6.07) is 4.04. The summed E-state index contributed by atoms with van der Waals surface area (Å²) in [6.45, 7) is 4.84. The van der Waals surface area contributed by atoms with Gasteiger partial charge in [0.25, 0.3) is 0 Å². The molecule has 0 aromatic heterocycles. The molecule has 0 saturated carbocycles. The molecule has 1 aromatic carbocycles. The third-order valence-corrected chi connectivity index (χ3v) is 4.50. The SMILES string of the molecule is CCN1CC=C(c2cc(F)cc(S(C)(=O)=O)c2)CC1. The molecule has 1 aliphatic heterocycles. The second-order valence-corrected chi connectivity index (χ2v) is 6.84. The van der Waals surface area contributed by atoms with Gasteiger partial charge in [-0.05, 0) is 42.3 Å². The van der Waals surface area contributed by atoms with Gasteiger partial charge >= 0.3 is 0 Å². The van der Waals surface area contributed by atoms with Crippen molar-refractivity contribution in [2.24, 2.45) is 0 Å². The van der Waals surface area contributed by atoms with Gasteiger partial charge in [0.2, 0.25) is 0 Å². The van der Waals surface area contributed by atoms with Crippen LogP contribution in [0.15, 0.2) is 29.2 Å². The van der Waals surface area contributed by atoms with Gasteiger partial charge in [-0.25, -0.2) is 12.8 Å². The lowest BCUT2D eigenvalue weighted by molar-refractivity contribution is 0.318. The van der Waals surface area contributed by atoms with Crippen molar-refractivity contribution in [1.29, 1.82) is 0 Å². The van der Waals surface area contributed by atoms with E-state index in [1.165, 1.54) is 6.07 Å². The normalized spacial score (nSPS) is 17.3. The summed E-state index contributed by atoms with van der Waals surface area (Å²) >= 11 is 0. The van der Waals surface area contributed by atoms with Crippen LogP contribution in [0.5, 0.6) is 0 Å². The van der Waals surface area contributed by atoms with E-state index in [-0.39, 0.29) is 4.90 Å². The molecule has 0 fully saturated rings.